The number of carbonyl (C=O) groups excluding carboxylic acids is 2. The molecule has 0 spiro atoms. The number of aromatic nitrogens is 1. The average Bonchev–Trinajstić information content (AvgIpc) is 2.75. The van der Waals surface area contributed by atoms with Gasteiger partial charge < -0.3 is 19.5 Å². The zero-order valence-corrected chi connectivity index (χ0v) is 12.9. The fourth-order valence-electron chi connectivity index (χ4n) is 2.17. The zero-order chi connectivity index (χ0) is 15.6. The van der Waals surface area contributed by atoms with Crippen molar-refractivity contribution in [2.75, 3.05) is 13.1 Å². The Morgan fingerprint density at radius 2 is 2.14 bits per heavy atom. The highest BCUT2D eigenvalue weighted by Crippen LogP contribution is 2.21. The molecular weight excluding hydrogens is 274 g/mol. The Balaban J connectivity index is 1.84. The van der Waals surface area contributed by atoms with Crippen LogP contribution in [0.25, 0.3) is 0 Å². The maximum Gasteiger partial charge on any atom is 0.408 e. The molecule has 1 aliphatic rings. The third-order valence-corrected chi connectivity index (χ3v) is 3.17. The van der Waals surface area contributed by atoms with Crippen LogP contribution < -0.4 is 5.32 Å². The molecule has 2 rings (SSSR count). The van der Waals surface area contributed by atoms with Crippen LogP contribution in [0.3, 0.4) is 0 Å². The summed E-state index contributed by atoms with van der Waals surface area (Å²) < 4.78 is 10.3. The molecule has 0 radical (unpaired) electrons. The number of fused-ring (bicyclic) bond motifs is 1. The standard InChI is InChI=1S/C14H21N3O4/c1-9-10-5-6-17(8-11(10)21-16-9)12(18)7-15-13(19)20-14(2,3)4/h5-8H2,1-4H3,(H,15,19). The van der Waals surface area contributed by atoms with Crippen LogP contribution in [0.1, 0.15) is 37.8 Å². The highest BCUT2D eigenvalue weighted by atomic mass is 16.6. The molecule has 0 bridgehead atoms. The van der Waals surface area contributed by atoms with Gasteiger partial charge in [-0.05, 0) is 34.1 Å². The molecule has 21 heavy (non-hydrogen) atoms. The molecule has 0 fully saturated rings. The molecule has 2 heterocycles. The van der Waals surface area contributed by atoms with Crippen LogP contribution in [0.2, 0.25) is 0 Å². The number of amides is 2. The maximum absolute atomic E-state index is 12.1. The van der Waals surface area contributed by atoms with E-state index in [0.717, 1.165) is 23.4 Å². The highest BCUT2D eigenvalue weighted by Gasteiger charge is 2.26. The van der Waals surface area contributed by atoms with Gasteiger partial charge in [0, 0.05) is 12.1 Å². The predicted octanol–water partition coefficient (Wildman–Crippen LogP) is 1.39. The first-order chi connectivity index (χ1) is 9.76. The number of carbonyl (C=O) groups is 2. The number of rotatable bonds is 2. The largest absolute Gasteiger partial charge is 0.444 e. The van der Waals surface area contributed by atoms with Crippen molar-refractivity contribution in [3.05, 3.63) is 17.0 Å². The van der Waals surface area contributed by atoms with Crippen molar-refractivity contribution in [3.63, 3.8) is 0 Å². The number of nitrogens with one attached hydrogen (secondary N) is 1. The summed E-state index contributed by atoms with van der Waals surface area (Å²) in [5.41, 5.74) is 1.38. The van der Waals surface area contributed by atoms with Crippen LogP contribution in [-0.4, -0.2) is 40.7 Å². The summed E-state index contributed by atoms with van der Waals surface area (Å²) in [4.78, 5) is 25.2. The summed E-state index contributed by atoms with van der Waals surface area (Å²) in [6, 6.07) is 0. The van der Waals surface area contributed by atoms with E-state index in [0.29, 0.717) is 13.1 Å². The molecule has 0 atom stereocenters. The lowest BCUT2D eigenvalue weighted by Crippen LogP contribution is -2.43. The summed E-state index contributed by atoms with van der Waals surface area (Å²) >= 11 is 0. The van der Waals surface area contributed by atoms with Gasteiger partial charge in [0.25, 0.3) is 0 Å². The lowest BCUT2D eigenvalue weighted by molar-refractivity contribution is -0.131. The van der Waals surface area contributed by atoms with Crippen molar-refractivity contribution in [3.8, 4) is 0 Å². The summed E-state index contributed by atoms with van der Waals surface area (Å²) in [5, 5.41) is 6.37. The van der Waals surface area contributed by atoms with Gasteiger partial charge >= 0.3 is 6.09 Å². The monoisotopic (exact) mass is 295 g/mol. The van der Waals surface area contributed by atoms with E-state index in [2.05, 4.69) is 10.5 Å². The van der Waals surface area contributed by atoms with Gasteiger partial charge in [0.2, 0.25) is 5.91 Å². The van der Waals surface area contributed by atoms with E-state index in [1.54, 1.807) is 25.7 Å². The zero-order valence-electron chi connectivity index (χ0n) is 12.9. The number of ether oxygens (including phenoxy) is 1. The first-order valence-electron chi connectivity index (χ1n) is 6.95. The van der Waals surface area contributed by atoms with Gasteiger partial charge in [-0.25, -0.2) is 4.79 Å². The van der Waals surface area contributed by atoms with E-state index < -0.39 is 11.7 Å². The summed E-state index contributed by atoms with van der Waals surface area (Å²) in [6.07, 6.45) is 0.132. The molecule has 2 amide bonds. The maximum atomic E-state index is 12.1. The Morgan fingerprint density at radius 3 is 2.81 bits per heavy atom. The van der Waals surface area contributed by atoms with E-state index >= 15 is 0 Å². The highest BCUT2D eigenvalue weighted by molar-refractivity contribution is 5.82. The average molecular weight is 295 g/mol. The molecule has 116 valence electrons. The second-order valence-corrected chi connectivity index (χ2v) is 6.09. The Kier molecular flexibility index (Phi) is 4.20. The van der Waals surface area contributed by atoms with E-state index in [1.165, 1.54) is 0 Å². The molecular formula is C14H21N3O4. The third-order valence-electron chi connectivity index (χ3n) is 3.17. The smallest absolute Gasteiger partial charge is 0.408 e. The lowest BCUT2D eigenvalue weighted by atomic mass is 10.1. The van der Waals surface area contributed by atoms with Gasteiger partial charge in [-0.2, -0.15) is 0 Å². The lowest BCUT2D eigenvalue weighted by Gasteiger charge is -2.26. The molecule has 1 aromatic heterocycles. The quantitative estimate of drug-likeness (QED) is 0.891. The molecule has 0 saturated carbocycles. The number of hydrogen-bond acceptors (Lipinski definition) is 5. The number of hydrogen-bond donors (Lipinski definition) is 1. The van der Waals surface area contributed by atoms with Crippen LogP contribution in [-0.2, 0) is 22.5 Å². The normalized spacial score (nSPS) is 14.6. The molecule has 7 heteroatoms. The van der Waals surface area contributed by atoms with E-state index in [9.17, 15) is 9.59 Å². The van der Waals surface area contributed by atoms with Crippen LogP contribution in [0.4, 0.5) is 4.79 Å². The SMILES string of the molecule is Cc1noc2c1CCN(C(=O)CNC(=O)OC(C)(C)C)C2. The third kappa shape index (κ3) is 3.96. The van der Waals surface area contributed by atoms with Crippen molar-refractivity contribution in [1.29, 1.82) is 0 Å². The molecule has 0 aliphatic carbocycles. The molecule has 0 unspecified atom stereocenters. The van der Waals surface area contributed by atoms with Gasteiger partial charge in [-0.1, -0.05) is 5.16 Å². The van der Waals surface area contributed by atoms with Gasteiger partial charge in [0.1, 0.15) is 12.1 Å². The summed E-state index contributed by atoms with van der Waals surface area (Å²) in [5.74, 6) is 0.560. The Bertz CT molecular complexity index is 545. The van der Waals surface area contributed by atoms with E-state index in [-0.39, 0.29) is 12.5 Å². The fraction of sp³-hybridized carbons (Fsp3) is 0.643. The fourth-order valence-corrected chi connectivity index (χ4v) is 2.17. The van der Waals surface area contributed by atoms with Crippen molar-refractivity contribution in [1.82, 2.24) is 15.4 Å². The van der Waals surface area contributed by atoms with Crippen LogP contribution in [0.5, 0.6) is 0 Å². The molecule has 0 aromatic carbocycles. The molecule has 1 aromatic rings. The van der Waals surface area contributed by atoms with Gasteiger partial charge in [-0.3, -0.25) is 4.79 Å². The van der Waals surface area contributed by atoms with Crippen LogP contribution in [0, 0.1) is 6.92 Å². The summed E-state index contributed by atoms with van der Waals surface area (Å²) in [6.45, 7) is 8.11. The molecule has 1 N–H and O–H groups in total. The van der Waals surface area contributed by atoms with Crippen molar-refractivity contribution in [2.24, 2.45) is 0 Å². The number of nitrogens with zero attached hydrogens (tertiary/aromatic N) is 2. The first-order valence-corrected chi connectivity index (χ1v) is 6.95. The predicted molar refractivity (Wildman–Crippen MR) is 74.6 cm³/mol. The topological polar surface area (TPSA) is 84.7 Å². The second-order valence-electron chi connectivity index (χ2n) is 6.09. The molecule has 0 saturated heterocycles. The van der Waals surface area contributed by atoms with Crippen molar-refractivity contribution >= 4 is 12.0 Å². The number of aryl methyl sites for hydroxylation is 1. The minimum absolute atomic E-state index is 0.0859. The first kappa shape index (κ1) is 15.3. The van der Waals surface area contributed by atoms with Crippen molar-refractivity contribution < 1.29 is 18.8 Å². The van der Waals surface area contributed by atoms with Crippen molar-refractivity contribution in [2.45, 2.75) is 46.3 Å². The number of alkyl carbamates (subject to hydrolysis) is 1. The second kappa shape index (κ2) is 5.75. The van der Waals surface area contributed by atoms with Crippen LogP contribution in [0.15, 0.2) is 4.52 Å². The van der Waals surface area contributed by atoms with Gasteiger partial charge in [0.15, 0.2) is 5.76 Å². The Hall–Kier alpha value is -2.05. The summed E-state index contributed by atoms with van der Waals surface area (Å²) in [7, 11) is 0. The molecule has 7 nitrogen and oxygen atoms in total. The van der Waals surface area contributed by atoms with Gasteiger partial charge in [0.05, 0.1) is 12.2 Å². The Labute approximate surface area is 123 Å². The van der Waals surface area contributed by atoms with E-state index in [4.69, 9.17) is 9.26 Å². The van der Waals surface area contributed by atoms with E-state index in [1.807, 2.05) is 6.92 Å². The van der Waals surface area contributed by atoms with Crippen LogP contribution >= 0.6 is 0 Å². The Morgan fingerprint density at radius 1 is 1.43 bits per heavy atom. The molecule has 1 aliphatic heterocycles. The minimum Gasteiger partial charge on any atom is -0.444 e. The minimum atomic E-state index is -0.593. The van der Waals surface area contributed by atoms with Gasteiger partial charge in [-0.15, -0.1) is 0 Å².